The summed E-state index contributed by atoms with van der Waals surface area (Å²) < 4.78 is 14.0. The van der Waals surface area contributed by atoms with Crippen LogP contribution in [0.3, 0.4) is 0 Å². The highest BCUT2D eigenvalue weighted by molar-refractivity contribution is 7.83. The predicted molar refractivity (Wildman–Crippen MR) is 68.9 cm³/mol. The summed E-state index contributed by atoms with van der Waals surface area (Å²) in [6, 6.07) is 6.11. The van der Waals surface area contributed by atoms with Crippen LogP contribution in [0.5, 0.6) is 0 Å². The van der Waals surface area contributed by atoms with E-state index in [1.165, 1.54) is 11.1 Å². The molecule has 3 nitrogen and oxygen atoms in total. The zero-order valence-corrected chi connectivity index (χ0v) is 10.9. The molecule has 0 saturated heterocycles. The molecule has 0 aliphatic carbocycles. The van der Waals surface area contributed by atoms with Crippen molar-refractivity contribution in [1.29, 1.82) is 0 Å². The Hall–Kier alpha value is -0.420. The van der Waals surface area contributed by atoms with Crippen molar-refractivity contribution in [3.8, 4) is 0 Å². The van der Waals surface area contributed by atoms with Gasteiger partial charge in [0.15, 0.2) is 0 Å². The van der Waals surface area contributed by atoms with E-state index >= 15 is 0 Å². The molecule has 0 saturated carbocycles. The zero-order chi connectivity index (χ0) is 10.8. The van der Waals surface area contributed by atoms with Crippen LogP contribution in [0.2, 0.25) is 0 Å². The fraction of sp³-hybridized carbons (Fsp3) is 0.455. The van der Waals surface area contributed by atoms with E-state index in [4.69, 9.17) is 5.73 Å². The zero-order valence-electron chi connectivity index (χ0n) is 9.31. The molecule has 0 radical (unpaired) electrons. The van der Waals surface area contributed by atoms with E-state index in [0.717, 1.165) is 24.4 Å². The van der Waals surface area contributed by atoms with Crippen LogP contribution < -0.4 is 5.73 Å². The maximum Gasteiger partial charge on any atom is 0.128 e. The van der Waals surface area contributed by atoms with Crippen LogP contribution in [-0.4, -0.2) is 21.6 Å². The Balaban J connectivity index is 0.00000128. The second-order valence-electron chi connectivity index (χ2n) is 3.87. The third-order valence-corrected chi connectivity index (χ3v) is 4.15. The Morgan fingerprint density at radius 2 is 2.25 bits per heavy atom. The summed E-state index contributed by atoms with van der Waals surface area (Å²) in [5.74, 6) is 0. The van der Waals surface area contributed by atoms with E-state index in [0.29, 0.717) is 6.54 Å². The predicted octanol–water partition coefficient (Wildman–Crippen LogP) is 1.60. The van der Waals surface area contributed by atoms with E-state index < -0.39 is 11.0 Å². The number of benzene rings is 1. The molecule has 0 amide bonds. The molecule has 2 rings (SSSR count). The standard InChI is InChI=1S/C11H16N2OS.ClH/c1-9-3-4-11-10(7-9)8-13(15(11)14)6-2-5-12;/h3-4,7H,2,5-6,8,12H2,1H3;1H. The highest BCUT2D eigenvalue weighted by atomic mass is 35.5. The molecule has 0 bridgehead atoms. The third kappa shape index (κ3) is 2.63. The van der Waals surface area contributed by atoms with Gasteiger partial charge in [0.1, 0.15) is 11.0 Å². The van der Waals surface area contributed by atoms with Gasteiger partial charge >= 0.3 is 0 Å². The Labute approximate surface area is 105 Å². The quantitative estimate of drug-likeness (QED) is 0.898. The highest BCUT2D eigenvalue weighted by Gasteiger charge is 2.25. The molecule has 0 spiro atoms. The Morgan fingerprint density at radius 3 is 2.94 bits per heavy atom. The SMILES string of the molecule is Cc1ccc2c(c1)CN(CCCN)S2=O.Cl. The topological polar surface area (TPSA) is 46.3 Å². The van der Waals surface area contributed by atoms with Gasteiger partial charge in [-0.05, 0) is 31.5 Å². The van der Waals surface area contributed by atoms with Crippen molar-refractivity contribution in [2.24, 2.45) is 5.73 Å². The number of hydrogen-bond acceptors (Lipinski definition) is 2. The Bertz CT molecular complexity index is 398. The third-order valence-electron chi connectivity index (χ3n) is 2.60. The number of fused-ring (bicyclic) bond motifs is 1. The minimum Gasteiger partial charge on any atom is -0.330 e. The van der Waals surface area contributed by atoms with Gasteiger partial charge in [0, 0.05) is 13.1 Å². The van der Waals surface area contributed by atoms with Crippen molar-refractivity contribution in [3.05, 3.63) is 29.3 Å². The van der Waals surface area contributed by atoms with E-state index in [1.807, 2.05) is 16.4 Å². The molecule has 1 heterocycles. The molecule has 1 aromatic rings. The molecular weight excluding hydrogens is 244 g/mol. The summed E-state index contributed by atoms with van der Waals surface area (Å²) in [4.78, 5) is 0.970. The fourth-order valence-corrected chi connectivity index (χ4v) is 3.18. The van der Waals surface area contributed by atoms with Gasteiger partial charge in [-0.2, -0.15) is 0 Å². The molecule has 1 aromatic carbocycles. The van der Waals surface area contributed by atoms with Gasteiger partial charge in [-0.25, -0.2) is 8.51 Å². The van der Waals surface area contributed by atoms with E-state index in [9.17, 15) is 4.21 Å². The minimum atomic E-state index is -0.968. The average Bonchev–Trinajstić information content (AvgIpc) is 2.52. The second kappa shape index (κ2) is 5.77. The average molecular weight is 261 g/mol. The smallest absolute Gasteiger partial charge is 0.128 e. The molecule has 90 valence electrons. The van der Waals surface area contributed by atoms with Crippen LogP contribution in [0, 0.1) is 6.92 Å². The molecule has 16 heavy (non-hydrogen) atoms. The van der Waals surface area contributed by atoms with Crippen LogP contribution in [0.1, 0.15) is 17.5 Å². The maximum absolute atomic E-state index is 12.0. The Kier molecular flexibility index (Phi) is 4.92. The molecule has 1 unspecified atom stereocenters. The first-order valence-corrected chi connectivity index (χ1v) is 6.29. The first kappa shape index (κ1) is 13.6. The first-order chi connectivity index (χ1) is 7.22. The molecule has 5 heteroatoms. The van der Waals surface area contributed by atoms with Crippen molar-refractivity contribution in [3.63, 3.8) is 0 Å². The fourth-order valence-electron chi connectivity index (χ4n) is 1.82. The van der Waals surface area contributed by atoms with Crippen LogP contribution >= 0.6 is 12.4 Å². The van der Waals surface area contributed by atoms with Crippen LogP contribution in [0.4, 0.5) is 0 Å². The van der Waals surface area contributed by atoms with Crippen LogP contribution in [0.15, 0.2) is 23.1 Å². The largest absolute Gasteiger partial charge is 0.330 e. The molecule has 0 fully saturated rings. The van der Waals surface area contributed by atoms with Crippen molar-refractivity contribution in [2.45, 2.75) is 24.8 Å². The van der Waals surface area contributed by atoms with Crippen molar-refractivity contribution >= 4 is 23.4 Å². The van der Waals surface area contributed by atoms with Gasteiger partial charge in [-0.15, -0.1) is 12.4 Å². The lowest BCUT2D eigenvalue weighted by Crippen LogP contribution is -2.22. The lowest BCUT2D eigenvalue weighted by molar-refractivity contribution is 0.448. The summed E-state index contributed by atoms with van der Waals surface area (Å²) in [7, 11) is -0.968. The minimum absolute atomic E-state index is 0. The van der Waals surface area contributed by atoms with Gasteiger partial charge in [0.2, 0.25) is 0 Å². The molecule has 1 aliphatic rings. The molecule has 1 aliphatic heterocycles. The van der Waals surface area contributed by atoms with Crippen LogP contribution in [0.25, 0.3) is 0 Å². The van der Waals surface area contributed by atoms with Crippen molar-refractivity contribution in [2.75, 3.05) is 13.1 Å². The summed E-state index contributed by atoms with van der Waals surface area (Å²) in [6.45, 7) is 4.33. The number of hydrogen-bond donors (Lipinski definition) is 1. The number of aryl methyl sites for hydroxylation is 1. The number of rotatable bonds is 3. The molecule has 0 aromatic heterocycles. The summed E-state index contributed by atoms with van der Waals surface area (Å²) in [6.07, 6.45) is 0.901. The van der Waals surface area contributed by atoms with E-state index in [-0.39, 0.29) is 12.4 Å². The van der Waals surface area contributed by atoms with Gasteiger partial charge < -0.3 is 5.73 Å². The highest BCUT2D eigenvalue weighted by Crippen LogP contribution is 2.27. The van der Waals surface area contributed by atoms with E-state index in [2.05, 4.69) is 13.0 Å². The number of halogens is 1. The van der Waals surface area contributed by atoms with Gasteiger partial charge in [-0.1, -0.05) is 17.7 Å². The summed E-state index contributed by atoms with van der Waals surface area (Å²) in [5, 5.41) is 0. The van der Waals surface area contributed by atoms with Crippen molar-refractivity contribution in [1.82, 2.24) is 4.31 Å². The number of nitrogens with zero attached hydrogens (tertiary/aromatic N) is 1. The lowest BCUT2D eigenvalue weighted by Gasteiger charge is -2.11. The van der Waals surface area contributed by atoms with E-state index in [1.54, 1.807) is 0 Å². The number of nitrogens with two attached hydrogens (primary N) is 1. The van der Waals surface area contributed by atoms with Crippen LogP contribution in [-0.2, 0) is 17.5 Å². The van der Waals surface area contributed by atoms with Gasteiger partial charge in [0.05, 0.1) is 4.90 Å². The maximum atomic E-state index is 12.0. The second-order valence-corrected chi connectivity index (χ2v) is 5.32. The molecule has 1 atom stereocenters. The first-order valence-electron chi connectivity index (χ1n) is 5.19. The summed E-state index contributed by atoms with van der Waals surface area (Å²) in [5.41, 5.74) is 7.88. The van der Waals surface area contributed by atoms with Gasteiger partial charge in [-0.3, -0.25) is 0 Å². The molecular formula is C11H17ClN2OS. The lowest BCUT2D eigenvalue weighted by atomic mass is 10.1. The summed E-state index contributed by atoms with van der Waals surface area (Å²) >= 11 is 0. The Morgan fingerprint density at radius 1 is 1.50 bits per heavy atom. The van der Waals surface area contributed by atoms with Crippen molar-refractivity contribution < 1.29 is 4.21 Å². The molecule has 2 N–H and O–H groups in total. The van der Waals surface area contributed by atoms with Gasteiger partial charge in [0.25, 0.3) is 0 Å². The normalized spacial score (nSPS) is 19.2. The monoisotopic (exact) mass is 260 g/mol.